The lowest BCUT2D eigenvalue weighted by Gasteiger charge is -2.16. The van der Waals surface area contributed by atoms with Crippen LogP contribution in [0.3, 0.4) is 0 Å². The molecule has 1 aliphatic rings. The second-order valence-electron chi connectivity index (χ2n) is 4.57. The maximum Gasteiger partial charge on any atom is 0.147 e. The molecule has 1 heterocycles. The Hall–Kier alpha value is -0.130. The van der Waals surface area contributed by atoms with Gasteiger partial charge in [-0.25, -0.2) is 8.42 Å². The molecule has 1 N–H and O–H groups in total. The van der Waals surface area contributed by atoms with Crippen molar-refractivity contribution in [3.05, 3.63) is 0 Å². The highest BCUT2D eigenvalue weighted by molar-refractivity contribution is 7.90. The van der Waals surface area contributed by atoms with E-state index in [4.69, 9.17) is 0 Å². The fourth-order valence-corrected chi connectivity index (χ4v) is 2.66. The molecule has 0 spiro atoms. The number of nitrogens with zero attached hydrogens (tertiary/aromatic N) is 1. The molecular formula is C10H21NO3S. The standard InChI is InChI=1S/C10H21NO3S/c1-9(12)10-4-6-11(8-10)5-3-7-15(2,13)14/h9-10,12H,3-8H2,1-2H3. The molecule has 0 bridgehead atoms. The van der Waals surface area contributed by atoms with E-state index in [9.17, 15) is 13.5 Å². The molecule has 0 aliphatic carbocycles. The molecule has 0 amide bonds. The summed E-state index contributed by atoms with van der Waals surface area (Å²) in [6, 6.07) is 0. The predicted molar refractivity (Wildman–Crippen MR) is 60.6 cm³/mol. The Morgan fingerprint density at radius 2 is 2.20 bits per heavy atom. The summed E-state index contributed by atoms with van der Waals surface area (Å²) in [7, 11) is -2.82. The van der Waals surface area contributed by atoms with Gasteiger partial charge in [0.15, 0.2) is 0 Å². The van der Waals surface area contributed by atoms with E-state index >= 15 is 0 Å². The largest absolute Gasteiger partial charge is 0.393 e. The average Bonchev–Trinajstić information content (AvgIpc) is 2.50. The third-order valence-corrected chi connectivity index (χ3v) is 4.01. The third kappa shape index (κ3) is 4.95. The highest BCUT2D eigenvalue weighted by Gasteiger charge is 2.25. The highest BCUT2D eigenvalue weighted by atomic mass is 32.2. The Morgan fingerprint density at radius 3 is 2.67 bits per heavy atom. The van der Waals surface area contributed by atoms with Crippen LogP contribution in [0.5, 0.6) is 0 Å². The van der Waals surface area contributed by atoms with Crippen LogP contribution in [0.1, 0.15) is 19.8 Å². The van der Waals surface area contributed by atoms with E-state index in [-0.39, 0.29) is 11.9 Å². The monoisotopic (exact) mass is 235 g/mol. The fourth-order valence-electron chi connectivity index (χ4n) is 2.01. The molecule has 5 heteroatoms. The zero-order valence-corrected chi connectivity index (χ0v) is 10.3. The van der Waals surface area contributed by atoms with Crippen LogP contribution in [-0.2, 0) is 9.84 Å². The highest BCUT2D eigenvalue weighted by Crippen LogP contribution is 2.19. The molecule has 0 radical (unpaired) electrons. The molecule has 1 fully saturated rings. The summed E-state index contributed by atoms with van der Waals surface area (Å²) in [5.41, 5.74) is 0. The van der Waals surface area contributed by atoms with Crippen molar-refractivity contribution in [2.45, 2.75) is 25.9 Å². The summed E-state index contributed by atoms with van der Waals surface area (Å²) in [5, 5.41) is 9.40. The maximum atomic E-state index is 10.9. The van der Waals surface area contributed by atoms with Gasteiger partial charge in [-0.1, -0.05) is 0 Å². The molecule has 0 aromatic rings. The van der Waals surface area contributed by atoms with Crippen molar-refractivity contribution in [3.8, 4) is 0 Å². The van der Waals surface area contributed by atoms with Crippen molar-refractivity contribution in [3.63, 3.8) is 0 Å². The van der Waals surface area contributed by atoms with Gasteiger partial charge in [-0.2, -0.15) is 0 Å². The molecule has 1 rings (SSSR count). The van der Waals surface area contributed by atoms with Crippen LogP contribution < -0.4 is 0 Å². The Bertz CT molecular complexity index is 287. The van der Waals surface area contributed by atoms with Crippen LogP contribution in [-0.4, -0.2) is 56.2 Å². The van der Waals surface area contributed by atoms with Crippen molar-refractivity contribution in [2.75, 3.05) is 31.6 Å². The topological polar surface area (TPSA) is 57.6 Å². The second kappa shape index (κ2) is 5.27. The van der Waals surface area contributed by atoms with Crippen LogP contribution in [0.15, 0.2) is 0 Å². The molecule has 0 saturated carbocycles. The van der Waals surface area contributed by atoms with Gasteiger partial charge in [-0.3, -0.25) is 0 Å². The SMILES string of the molecule is CC(O)C1CCN(CCCS(C)(=O)=O)C1. The van der Waals surface area contributed by atoms with Gasteiger partial charge in [0.25, 0.3) is 0 Å². The number of hydrogen-bond donors (Lipinski definition) is 1. The molecule has 1 aliphatic heterocycles. The third-order valence-electron chi connectivity index (χ3n) is 2.98. The summed E-state index contributed by atoms with van der Waals surface area (Å²) in [5.74, 6) is 0.631. The van der Waals surface area contributed by atoms with E-state index < -0.39 is 9.84 Å². The first-order chi connectivity index (χ1) is 6.88. The van der Waals surface area contributed by atoms with E-state index in [1.165, 1.54) is 6.26 Å². The molecule has 4 nitrogen and oxygen atoms in total. The second-order valence-corrected chi connectivity index (χ2v) is 6.83. The van der Waals surface area contributed by atoms with Gasteiger partial charge in [0.1, 0.15) is 9.84 Å². The Kier molecular flexibility index (Phi) is 4.55. The van der Waals surface area contributed by atoms with E-state index in [1.807, 2.05) is 6.92 Å². The number of aliphatic hydroxyl groups excluding tert-OH is 1. The van der Waals surface area contributed by atoms with Crippen LogP contribution in [0, 0.1) is 5.92 Å². The summed E-state index contributed by atoms with van der Waals surface area (Å²) in [6.45, 7) is 4.54. The van der Waals surface area contributed by atoms with E-state index in [0.29, 0.717) is 12.3 Å². The van der Waals surface area contributed by atoms with E-state index in [2.05, 4.69) is 4.90 Å². The van der Waals surface area contributed by atoms with Gasteiger partial charge in [0.2, 0.25) is 0 Å². The Morgan fingerprint density at radius 1 is 1.53 bits per heavy atom. The lowest BCUT2D eigenvalue weighted by molar-refractivity contribution is 0.128. The van der Waals surface area contributed by atoms with Crippen LogP contribution in [0.2, 0.25) is 0 Å². The van der Waals surface area contributed by atoms with E-state index in [0.717, 1.165) is 26.1 Å². The molecule has 2 atom stereocenters. The summed E-state index contributed by atoms with van der Waals surface area (Å²) < 4.78 is 21.8. The van der Waals surface area contributed by atoms with Crippen molar-refractivity contribution >= 4 is 9.84 Å². The summed E-state index contributed by atoms with van der Waals surface area (Å²) in [4.78, 5) is 2.24. The lowest BCUT2D eigenvalue weighted by Crippen LogP contribution is -2.26. The van der Waals surface area contributed by atoms with E-state index in [1.54, 1.807) is 0 Å². The number of likely N-dealkylation sites (tertiary alicyclic amines) is 1. The van der Waals surface area contributed by atoms with Gasteiger partial charge in [-0.15, -0.1) is 0 Å². The minimum atomic E-state index is -2.82. The first-order valence-electron chi connectivity index (χ1n) is 5.46. The minimum Gasteiger partial charge on any atom is -0.393 e. The molecule has 2 unspecified atom stereocenters. The Labute approximate surface area is 92.2 Å². The van der Waals surface area contributed by atoms with Gasteiger partial charge in [0, 0.05) is 12.8 Å². The van der Waals surface area contributed by atoms with Gasteiger partial charge >= 0.3 is 0 Å². The summed E-state index contributed by atoms with van der Waals surface area (Å²) >= 11 is 0. The zero-order chi connectivity index (χ0) is 11.5. The molecule has 0 aromatic carbocycles. The fraction of sp³-hybridized carbons (Fsp3) is 1.00. The number of sulfone groups is 1. The van der Waals surface area contributed by atoms with Gasteiger partial charge in [-0.05, 0) is 38.8 Å². The molecule has 1 saturated heterocycles. The van der Waals surface area contributed by atoms with Crippen molar-refractivity contribution in [1.82, 2.24) is 4.90 Å². The zero-order valence-electron chi connectivity index (χ0n) is 9.52. The van der Waals surface area contributed by atoms with Crippen molar-refractivity contribution < 1.29 is 13.5 Å². The number of aliphatic hydroxyl groups is 1. The first-order valence-corrected chi connectivity index (χ1v) is 7.52. The van der Waals surface area contributed by atoms with Gasteiger partial charge in [0.05, 0.1) is 11.9 Å². The van der Waals surface area contributed by atoms with Gasteiger partial charge < -0.3 is 10.0 Å². The average molecular weight is 235 g/mol. The van der Waals surface area contributed by atoms with Crippen LogP contribution in [0.25, 0.3) is 0 Å². The first kappa shape index (κ1) is 12.9. The van der Waals surface area contributed by atoms with Crippen LogP contribution in [0.4, 0.5) is 0 Å². The minimum absolute atomic E-state index is 0.245. The molecule has 90 valence electrons. The number of hydrogen-bond acceptors (Lipinski definition) is 4. The van der Waals surface area contributed by atoms with Crippen molar-refractivity contribution in [1.29, 1.82) is 0 Å². The normalized spacial score (nSPS) is 25.7. The van der Waals surface area contributed by atoms with Crippen LogP contribution >= 0.6 is 0 Å². The molecule has 0 aromatic heterocycles. The summed E-state index contributed by atoms with van der Waals surface area (Å²) in [6.07, 6.45) is 2.75. The molecular weight excluding hydrogens is 214 g/mol. The van der Waals surface area contributed by atoms with Crippen molar-refractivity contribution in [2.24, 2.45) is 5.92 Å². The quantitative estimate of drug-likeness (QED) is 0.735. The molecule has 15 heavy (non-hydrogen) atoms. The Balaban J connectivity index is 2.20. The predicted octanol–water partition coefficient (Wildman–Crippen LogP) is 0.124. The number of rotatable bonds is 5. The maximum absolute atomic E-state index is 10.9. The lowest BCUT2D eigenvalue weighted by atomic mass is 10.0. The smallest absolute Gasteiger partial charge is 0.147 e.